The second-order valence-corrected chi connectivity index (χ2v) is 5.49. The molecule has 2 atom stereocenters. The first-order valence-corrected chi connectivity index (χ1v) is 6.88. The Morgan fingerprint density at radius 3 is 3.06 bits per heavy atom. The largest absolute Gasteiger partial charge is 0.380 e. The molecule has 0 spiro atoms. The van der Waals surface area contributed by atoms with Gasteiger partial charge >= 0.3 is 0 Å². The summed E-state index contributed by atoms with van der Waals surface area (Å²) in [6.45, 7) is 2.42. The van der Waals surface area contributed by atoms with Crippen LogP contribution in [0.15, 0.2) is 15.5 Å². The summed E-state index contributed by atoms with van der Waals surface area (Å²) in [5.74, 6) is 3.04. The van der Waals surface area contributed by atoms with Gasteiger partial charge in [-0.2, -0.15) is 5.10 Å². The number of hydrogen-bond donors (Lipinski definition) is 1. The Morgan fingerprint density at radius 1 is 1.67 bits per heavy atom. The van der Waals surface area contributed by atoms with Crippen molar-refractivity contribution in [1.29, 1.82) is 0 Å². The van der Waals surface area contributed by atoms with E-state index >= 15 is 0 Å². The summed E-state index contributed by atoms with van der Waals surface area (Å²) < 4.78 is 1.78. The van der Waals surface area contributed by atoms with Crippen molar-refractivity contribution in [1.82, 2.24) is 9.78 Å². The number of rotatable bonds is 3. The van der Waals surface area contributed by atoms with Crippen molar-refractivity contribution in [3.05, 3.63) is 21.0 Å². The molecule has 1 fully saturated rings. The second-order valence-electron chi connectivity index (χ2n) is 4.70. The molecule has 0 amide bonds. The van der Waals surface area contributed by atoms with E-state index in [1.165, 1.54) is 17.5 Å². The minimum atomic E-state index is -0.191. The van der Waals surface area contributed by atoms with Gasteiger partial charge in [0.15, 0.2) is 0 Å². The van der Waals surface area contributed by atoms with Crippen molar-refractivity contribution in [3.63, 3.8) is 0 Å². The molecule has 18 heavy (non-hydrogen) atoms. The molecule has 1 N–H and O–H groups in total. The molecule has 2 unspecified atom stereocenters. The summed E-state index contributed by atoms with van der Waals surface area (Å²) in [5, 5.41) is 7.46. The van der Waals surface area contributed by atoms with Crippen molar-refractivity contribution < 1.29 is 0 Å². The van der Waals surface area contributed by atoms with Crippen molar-refractivity contribution >= 4 is 21.6 Å². The highest BCUT2D eigenvalue weighted by Gasteiger charge is 2.24. The summed E-state index contributed by atoms with van der Waals surface area (Å²) in [5.41, 5.74) is 0.565. The van der Waals surface area contributed by atoms with Gasteiger partial charge in [-0.05, 0) is 34.7 Å². The maximum absolute atomic E-state index is 12.0. The van der Waals surface area contributed by atoms with Crippen LogP contribution in [0.3, 0.4) is 0 Å². The van der Waals surface area contributed by atoms with Gasteiger partial charge in [0, 0.05) is 6.04 Å². The Bertz CT molecular complexity index is 532. The molecule has 1 saturated carbocycles. The lowest BCUT2D eigenvalue weighted by molar-refractivity contribution is 0.554. The van der Waals surface area contributed by atoms with Gasteiger partial charge in [-0.3, -0.25) is 4.79 Å². The molecule has 0 aromatic carbocycles. The smallest absolute Gasteiger partial charge is 0.284 e. The molecule has 1 aliphatic rings. The van der Waals surface area contributed by atoms with Crippen molar-refractivity contribution in [3.8, 4) is 12.3 Å². The van der Waals surface area contributed by atoms with E-state index in [9.17, 15) is 4.79 Å². The number of hydrogen-bond acceptors (Lipinski definition) is 3. The summed E-state index contributed by atoms with van der Waals surface area (Å²) in [4.78, 5) is 12.0. The first-order valence-electron chi connectivity index (χ1n) is 6.09. The standard InChI is InChI=1S/C13H16BrN3O/c1-3-7-17-13(18)12(14)11(8-15-17)16-10-6-4-5-9(10)2/h1,8-10,16H,4-7H2,2H3. The van der Waals surface area contributed by atoms with Crippen LogP contribution in [0.2, 0.25) is 0 Å². The third-order valence-corrected chi connectivity index (χ3v) is 4.19. The zero-order chi connectivity index (χ0) is 13.1. The highest BCUT2D eigenvalue weighted by Crippen LogP contribution is 2.29. The van der Waals surface area contributed by atoms with Gasteiger partial charge in [-0.25, -0.2) is 4.68 Å². The fraction of sp³-hybridized carbons (Fsp3) is 0.538. The minimum Gasteiger partial charge on any atom is -0.380 e. The van der Waals surface area contributed by atoms with Crippen LogP contribution in [0.1, 0.15) is 26.2 Å². The lowest BCUT2D eigenvalue weighted by Crippen LogP contribution is -2.27. The molecule has 5 heteroatoms. The van der Waals surface area contributed by atoms with E-state index in [-0.39, 0.29) is 12.1 Å². The highest BCUT2D eigenvalue weighted by atomic mass is 79.9. The van der Waals surface area contributed by atoms with Crippen LogP contribution >= 0.6 is 15.9 Å². The maximum atomic E-state index is 12.0. The Hall–Kier alpha value is -1.28. The Kier molecular flexibility index (Phi) is 4.07. The molecule has 1 heterocycles. The van der Waals surface area contributed by atoms with Crippen LogP contribution in [0.5, 0.6) is 0 Å². The number of aromatic nitrogens is 2. The molecule has 0 aliphatic heterocycles. The Morgan fingerprint density at radius 2 is 2.44 bits per heavy atom. The zero-order valence-corrected chi connectivity index (χ0v) is 11.9. The fourth-order valence-electron chi connectivity index (χ4n) is 2.32. The molecular formula is C13H16BrN3O. The van der Waals surface area contributed by atoms with E-state index in [0.29, 0.717) is 16.4 Å². The first kappa shape index (κ1) is 13.2. The summed E-state index contributed by atoms with van der Waals surface area (Å²) in [6.07, 6.45) is 10.5. The summed E-state index contributed by atoms with van der Waals surface area (Å²) in [7, 11) is 0. The fourth-order valence-corrected chi connectivity index (χ4v) is 2.75. The predicted molar refractivity (Wildman–Crippen MR) is 75.5 cm³/mol. The lowest BCUT2D eigenvalue weighted by atomic mass is 10.1. The number of terminal acetylenes is 1. The Labute approximate surface area is 115 Å². The molecule has 1 aromatic rings. The van der Waals surface area contributed by atoms with Gasteiger partial charge in [0.1, 0.15) is 11.0 Å². The third-order valence-electron chi connectivity index (χ3n) is 3.43. The van der Waals surface area contributed by atoms with Crippen molar-refractivity contribution in [2.45, 2.75) is 38.8 Å². The average Bonchev–Trinajstić information content (AvgIpc) is 2.75. The molecule has 1 aliphatic carbocycles. The van der Waals surface area contributed by atoms with Gasteiger partial charge in [0.2, 0.25) is 0 Å². The van der Waals surface area contributed by atoms with E-state index in [4.69, 9.17) is 6.42 Å². The van der Waals surface area contributed by atoms with Gasteiger partial charge in [-0.15, -0.1) is 6.42 Å². The number of nitrogens with one attached hydrogen (secondary N) is 1. The number of nitrogens with zero attached hydrogens (tertiary/aromatic N) is 2. The van der Waals surface area contributed by atoms with E-state index in [0.717, 1.165) is 12.1 Å². The van der Waals surface area contributed by atoms with Crippen LogP contribution in [0, 0.1) is 18.3 Å². The Balaban J connectivity index is 2.22. The van der Waals surface area contributed by atoms with Crippen molar-refractivity contribution in [2.75, 3.05) is 5.32 Å². The third kappa shape index (κ3) is 2.59. The van der Waals surface area contributed by atoms with Gasteiger partial charge in [0.25, 0.3) is 5.56 Å². The lowest BCUT2D eigenvalue weighted by Gasteiger charge is -2.19. The highest BCUT2D eigenvalue weighted by molar-refractivity contribution is 9.10. The average molecular weight is 310 g/mol. The van der Waals surface area contributed by atoms with E-state index in [1.807, 2.05) is 0 Å². The molecule has 0 radical (unpaired) electrons. The van der Waals surface area contributed by atoms with Crippen LogP contribution in [0.4, 0.5) is 5.69 Å². The zero-order valence-electron chi connectivity index (χ0n) is 10.3. The van der Waals surface area contributed by atoms with Gasteiger partial charge in [-0.1, -0.05) is 19.3 Å². The molecule has 0 saturated heterocycles. The van der Waals surface area contributed by atoms with Crippen molar-refractivity contribution in [2.24, 2.45) is 5.92 Å². The van der Waals surface area contributed by atoms with Crippen LogP contribution < -0.4 is 10.9 Å². The molecule has 2 rings (SSSR count). The number of anilines is 1. The summed E-state index contributed by atoms with van der Waals surface area (Å²) in [6, 6.07) is 0.422. The van der Waals surface area contributed by atoms with Crippen LogP contribution in [-0.4, -0.2) is 15.8 Å². The van der Waals surface area contributed by atoms with E-state index in [1.54, 1.807) is 6.20 Å². The molecule has 1 aromatic heterocycles. The van der Waals surface area contributed by atoms with E-state index in [2.05, 4.69) is 39.2 Å². The minimum absolute atomic E-state index is 0.191. The van der Waals surface area contributed by atoms with Crippen LogP contribution in [0.25, 0.3) is 0 Å². The molecular weight excluding hydrogens is 294 g/mol. The first-order chi connectivity index (χ1) is 8.63. The van der Waals surface area contributed by atoms with Gasteiger partial charge in [0.05, 0.1) is 11.9 Å². The second kappa shape index (κ2) is 5.57. The maximum Gasteiger partial charge on any atom is 0.284 e. The van der Waals surface area contributed by atoms with Crippen LogP contribution in [-0.2, 0) is 6.54 Å². The SMILES string of the molecule is C#CCn1ncc(NC2CCCC2C)c(Br)c1=O. The van der Waals surface area contributed by atoms with Gasteiger partial charge < -0.3 is 5.32 Å². The summed E-state index contributed by atoms with van der Waals surface area (Å²) >= 11 is 3.32. The quantitative estimate of drug-likeness (QED) is 0.871. The molecule has 4 nitrogen and oxygen atoms in total. The molecule has 0 bridgehead atoms. The normalized spacial score (nSPS) is 22.7. The van der Waals surface area contributed by atoms with E-state index < -0.39 is 0 Å². The number of halogens is 1. The predicted octanol–water partition coefficient (Wildman–Crippen LogP) is 2.24. The molecule has 96 valence electrons. The topological polar surface area (TPSA) is 46.9 Å². The monoisotopic (exact) mass is 309 g/mol.